The van der Waals surface area contributed by atoms with Crippen molar-refractivity contribution in [3.63, 3.8) is 0 Å². The smallest absolute Gasteiger partial charge is 0.0503 e. The molecule has 2 nitrogen and oxygen atoms in total. The van der Waals surface area contributed by atoms with E-state index in [0.717, 1.165) is 26.0 Å². The van der Waals surface area contributed by atoms with Crippen LogP contribution in [0, 0.1) is 6.92 Å². The molecule has 20 heavy (non-hydrogen) atoms. The standard InChI is InChI=1S/C15H15Br2ClN2/c1-9-6-11(16)4-5-13(9)15(20-19)7-10-2-3-12(17)8-14(10)18/h2-6,8,15,20H,7,19H2,1H3. The molecule has 1 atom stereocenters. The normalized spacial score (nSPS) is 12.4. The fourth-order valence-corrected chi connectivity index (χ4v) is 3.42. The summed E-state index contributed by atoms with van der Waals surface area (Å²) in [5, 5.41) is 0.745. The van der Waals surface area contributed by atoms with Gasteiger partial charge in [0.05, 0.1) is 6.04 Å². The highest BCUT2D eigenvalue weighted by atomic mass is 79.9. The Bertz CT molecular complexity index is 617. The van der Waals surface area contributed by atoms with E-state index in [1.807, 2.05) is 24.3 Å². The average Bonchev–Trinajstić information content (AvgIpc) is 2.39. The van der Waals surface area contributed by atoms with Crippen molar-refractivity contribution in [3.8, 4) is 0 Å². The van der Waals surface area contributed by atoms with E-state index in [1.165, 1.54) is 11.1 Å². The van der Waals surface area contributed by atoms with Crippen LogP contribution in [0.25, 0.3) is 0 Å². The molecule has 5 heteroatoms. The van der Waals surface area contributed by atoms with Crippen molar-refractivity contribution in [2.24, 2.45) is 5.84 Å². The van der Waals surface area contributed by atoms with Crippen molar-refractivity contribution < 1.29 is 0 Å². The Kier molecular flexibility index (Phi) is 5.64. The van der Waals surface area contributed by atoms with Gasteiger partial charge in [-0.1, -0.05) is 55.6 Å². The second kappa shape index (κ2) is 7.05. The highest BCUT2D eigenvalue weighted by Crippen LogP contribution is 2.28. The van der Waals surface area contributed by atoms with Crippen molar-refractivity contribution in [2.45, 2.75) is 19.4 Å². The zero-order chi connectivity index (χ0) is 14.7. The molecule has 2 aromatic rings. The van der Waals surface area contributed by atoms with Crippen LogP contribution >= 0.6 is 43.5 Å². The first-order valence-electron chi connectivity index (χ1n) is 6.17. The predicted molar refractivity (Wildman–Crippen MR) is 91.8 cm³/mol. The Morgan fingerprint density at radius 3 is 2.40 bits per heavy atom. The highest BCUT2D eigenvalue weighted by Gasteiger charge is 2.15. The zero-order valence-corrected chi connectivity index (χ0v) is 14.9. The lowest BCUT2D eigenvalue weighted by molar-refractivity contribution is 0.549. The molecule has 3 N–H and O–H groups in total. The Balaban J connectivity index is 2.28. The van der Waals surface area contributed by atoms with Crippen molar-refractivity contribution >= 4 is 43.5 Å². The summed E-state index contributed by atoms with van der Waals surface area (Å²) in [7, 11) is 0. The number of hydrogen-bond acceptors (Lipinski definition) is 2. The summed E-state index contributed by atoms with van der Waals surface area (Å²) in [5.41, 5.74) is 6.32. The van der Waals surface area contributed by atoms with Gasteiger partial charge in [-0.15, -0.1) is 0 Å². The molecule has 1 unspecified atom stereocenters. The van der Waals surface area contributed by atoms with Crippen molar-refractivity contribution in [3.05, 3.63) is 67.1 Å². The molecule has 0 spiro atoms. The van der Waals surface area contributed by atoms with Crippen LogP contribution < -0.4 is 11.3 Å². The lowest BCUT2D eigenvalue weighted by Gasteiger charge is -2.19. The van der Waals surface area contributed by atoms with E-state index >= 15 is 0 Å². The first-order valence-corrected chi connectivity index (χ1v) is 8.13. The molecule has 2 rings (SSSR count). The van der Waals surface area contributed by atoms with Crippen LogP contribution in [0.1, 0.15) is 22.7 Å². The van der Waals surface area contributed by atoms with E-state index in [1.54, 1.807) is 0 Å². The van der Waals surface area contributed by atoms with Gasteiger partial charge in [-0.2, -0.15) is 0 Å². The largest absolute Gasteiger partial charge is 0.271 e. The van der Waals surface area contributed by atoms with Gasteiger partial charge in [0.15, 0.2) is 0 Å². The zero-order valence-electron chi connectivity index (χ0n) is 11.0. The van der Waals surface area contributed by atoms with Gasteiger partial charge in [0.2, 0.25) is 0 Å². The second-order valence-corrected chi connectivity index (χ2v) is 6.90. The number of hydrazine groups is 1. The van der Waals surface area contributed by atoms with Crippen LogP contribution in [0.4, 0.5) is 0 Å². The average molecular weight is 419 g/mol. The van der Waals surface area contributed by atoms with E-state index in [0.29, 0.717) is 0 Å². The molecule has 0 saturated carbocycles. The van der Waals surface area contributed by atoms with E-state index in [4.69, 9.17) is 17.4 Å². The predicted octanol–water partition coefficient (Wildman–Crippen LogP) is 4.92. The second-order valence-electron chi connectivity index (χ2n) is 4.66. The number of nitrogens with one attached hydrogen (secondary N) is 1. The lowest BCUT2D eigenvalue weighted by atomic mass is 9.96. The third-order valence-corrected chi connectivity index (χ3v) is 4.59. The molecule has 0 bridgehead atoms. The minimum absolute atomic E-state index is 0.0294. The minimum atomic E-state index is 0.0294. The molecular formula is C15H15Br2ClN2. The molecule has 0 fully saturated rings. The van der Waals surface area contributed by atoms with E-state index in [-0.39, 0.29) is 6.04 Å². The highest BCUT2D eigenvalue weighted by molar-refractivity contribution is 9.10. The maximum atomic E-state index is 6.28. The summed E-state index contributed by atoms with van der Waals surface area (Å²) >= 11 is 13.2. The van der Waals surface area contributed by atoms with Gasteiger partial charge in [0, 0.05) is 14.0 Å². The summed E-state index contributed by atoms with van der Waals surface area (Å²) in [6, 6.07) is 12.1. The maximum Gasteiger partial charge on any atom is 0.0503 e. The Morgan fingerprint density at radius 2 is 1.80 bits per heavy atom. The van der Waals surface area contributed by atoms with Crippen LogP contribution in [0.2, 0.25) is 5.02 Å². The number of rotatable bonds is 4. The van der Waals surface area contributed by atoms with E-state index in [2.05, 4.69) is 56.3 Å². The third-order valence-electron chi connectivity index (χ3n) is 3.25. The van der Waals surface area contributed by atoms with Crippen molar-refractivity contribution in [1.82, 2.24) is 5.43 Å². The van der Waals surface area contributed by atoms with Gasteiger partial charge in [-0.25, -0.2) is 0 Å². The van der Waals surface area contributed by atoms with Crippen LogP contribution in [0.3, 0.4) is 0 Å². The van der Waals surface area contributed by atoms with Gasteiger partial charge in [-0.05, 0) is 54.3 Å². The summed E-state index contributed by atoms with van der Waals surface area (Å²) in [5.74, 6) is 5.73. The molecule has 0 aliphatic carbocycles. The number of hydrogen-bond donors (Lipinski definition) is 2. The van der Waals surface area contributed by atoms with Gasteiger partial charge in [-0.3, -0.25) is 11.3 Å². The molecule has 0 radical (unpaired) electrons. The maximum absolute atomic E-state index is 6.28. The molecule has 0 aliphatic rings. The molecule has 0 aromatic heterocycles. The molecule has 0 saturated heterocycles. The Labute approximate surface area is 140 Å². The van der Waals surface area contributed by atoms with Crippen LogP contribution in [-0.4, -0.2) is 0 Å². The van der Waals surface area contributed by atoms with Crippen LogP contribution in [0.15, 0.2) is 45.3 Å². The lowest BCUT2D eigenvalue weighted by Crippen LogP contribution is -2.30. The monoisotopic (exact) mass is 416 g/mol. The van der Waals surface area contributed by atoms with Crippen LogP contribution in [0.5, 0.6) is 0 Å². The van der Waals surface area contributed by atoms with Crippen molar-refractivity contribution in [2.75, 3.05) is 0 Å². The van der Waals surface area contributed by atoms with Gasteiger partial charge in [0.1, 0.15) is 0 Å². The van der Waals surface area contributed by atoms with Gasteiger partial charge >= 0.3 is 0 Å². The SMILES string of the molecule is Cc1cc(Br)ccc1C(Cc1ccc(Br)cc1Cl)NN. The molecule has 2 aromatic carbocycles. The van der Waals surface area contributed by atoms with Crippen molar-refractivity contribution in [1.29, 1.82) is 0 Å². The first-order chi connectivity index (χ1) is 9.51. The number of benzene rings is 2. The number of nitrogens with two attached hydrogens (primary N) is 1. The van der Waals surface area contributed by atoms with E-state index < -0.39 is 0 Å². The van der Waals surface area contributed by atoms with Crippen LogP contribution in [-0.2, 0) is 6.42 Å². The molecule has 0 aliphatic heterocycles. The number of aryl methyl sites for hydroxylation is 1. The fraction of sp³-hybridized carbons (Fsp3) is 0.200. The first kappa shape index (κ1) is 16.0. The fourth-order valence-electron chi connectivity index (χ4n) is 2.20. The van der Waals surface area contributed by atoms with Gasteiger partial charge < -0.3 is 0 Å². The molecular weight excluding hydrogens is 403 g/mol. The summed E-state index contributed by atoms with van der Waals surface area (Å²) in [4.78, 5) is 0. The number of halogens is 3. The quantitative estimate of drug-likeness (QED) is 0.546. The summed E-state index contributed by atoms with van der Waals surface area (Å²) in [6.45, 7) is 2.08. The third kappa shape index (κ3) is 3.83. The molecule has 0 amide bonds. The van der Waals surface area contributed by atoms with E-state index in [9.17, 15) is 0 Å². The summed E-state index contributed by atoms with van der Waals surface area (Å²) < 4.78 is 2.04. The minimum Gasteiger partial charge on any atom is -0.271 e. The topological polar surface area (TPSA) is 38.0 Å². The Morgan fingerprint density at radius 1 is 1.15 bits per heavy atom. The molecule has 106 valence electrons. The molecule has 0 heterocycles. The van der Waals surface area contributed by atoms with Gasteiger partial charge in [0.25, 0.3) is 0 Å². The Hall–Kier alpha value is -0.390. The summed E-state index contributed by atoms with van der Waals surface area (Å²) in [6.07, 6.45) is 0.741.